The third-order valence-corrected chi connectivity index (χ3v) is 4.53. The monoisotopic (exact) mass is 270 g/mol. The topological polar surface area (TPSA) is 42.7 Å². The van der Waals surface area contributed by atoms with Crippen molar-refractivity contribution in [1.29, 1.82) is 0 Å². The summed E-state index contributed by atoms with van der Waals surface area (Å²) in [5.41, 5.74) is 1.72. The number of nitrogens with zero attached hydrogens (tertiary/aromatic N) is 3. The van der Waals surface area contributed by atoms with Gasteiger partial charge in [0.2, 0.25) is 0 Å². The molecule has 1 aliphatic rings. The van der Waals surface area contributed by atoms with Crippen LogP contribution in [0.4, 0.5) is 0 Å². The second kappa shape index (κ2) is 5.37. The minimum absolute atomic E-state index is 0.278. The van der Waals surface area contributed by atoms with Crippen molar-refractivity contribution in [2.24, 2.45) is 0 Å². The van der Waals surface area contributed by atoms with E-state index >= 15 is 0 Å². The molecule has 0 saturated heterocycles. The van der Waals surface area contributed by atoms with E-state index in [1.54, 1.807) is 6.33 Å². The molecule has 1 fully saturated rings. The van der Waals surface area contributed by atoms with Crippen LogP contribution in [-0.4, -0.2) is 27.9 Å². The van der Waals surface area contributed by atoms with Crippen LogP contribution in [0.5, 0.6) is 0 Å². The highest BCUT2D eigenvalue weighted by molar-refractivity contribution is 5.34. The maximum Gasteiger partial charge on any atom is 0.138 e. The zero-order chi connectivity index (χ0) is 14.0. The van der Waals surface area contributed by atoms with Crippen molar-refractivity contribution < 1.29 is 0 Å². The Morgan fingerprint density at radius 1 is 1.30 bits per heavy atom. The van der Waals surface area contributed by atoms with Crippen LogP contribution in [0.15, 0.2) is 36.7 Å². The molecule has 1 aliphatic carbocycles. The SMILES string of the molecule is CCn1ncnc1CC(NC)C1(c2ccccc2)CC1. The Balaban J connectivity index is 1.84. The Labute approximate surface area is 120 Å². The van der Waals surface area contributed by atoms with Crippen LogP contribution in [0.1, 0.15) is 31.2 Å². The zero-order valence-electron chi connectivity index (χ0n) is 12.2. The summed E-state index contributed by atoms with van der Waals surface area (Å²) in [6, 6.07) is 11.3. The highest BCUT2D eigenvalue weighted by Gasteiger charge is 2.50. The predicted molar refractivity (Wildman–Crippen MR) is 79.6 cm³/mol. The van der Waals surface area contributed by atoms with Gasteiger partial charge >= 0.3 is 0 Å². The maximum absolute atomic E-state index is 4.42. The van der Waals surface area contributed by atoms with Crippen molar-refractivity contribution in [2.75, 3.05) is 7.05 Å². The van der Waals surface area contributed by atoms with Gasteiger partial charge in [-0.1, -0.05) is 30.3 Å². The van der Waals surface area contributed by atoms with Crippen molar-refractivity contribution in [3.05, 3.63) is 48.0 Å². The highest BCUT2D eigenvalue weighted by Crippen LogP contribution is 2.51. The molecule has 1 atom stereocenters. The largest absolute Gasteiger partial charge is 0.316 e. The van der Waals surface area contributed by atoms with E-state index in [2.05, 4.69) is 59.7 Å². The fraction of sp³-hybridized carbons (Fsp3) is 0.500. The van der Waals surface area contributed by atoms with Crippen LogP contribution < -0.4 is 5.32 Å². The fourth-order valence-electron chi connectivity index (χ4n) is 3.21. The van der Waals surface area contributed by atoms with E-state index < -0.39 is 0 Å². The van der Waals surface area contributed by atoms with Crippen molar-refractivity contribution in [3.63, 3.8) is 0 Å². The van der Waals surface area contributed by atoms with Gasteiger partial charge in [0, 0.05) is 24.4 Å². The lowest BCUT2D eigenvalue weighted by molar-refractivity contribution is 0.424. The Bertz CT molecular complexity index is 557. The van der Waals surface area contributed by atoms with Gasteiger partial charge in [-0.15, -0.1) is 0 Å². The lowest BCUT2D eigenvalue weighted by Crippen LogP contribution is -2.40. The third kappa shape index (κ3) is 2.24. The molecule has 4 heteroatoms. The first-order valence-electron chi connectivity index (χ1n) is 7.39. The van der Waals surface area contributed by atoms with Crippen LogP contribution in [-0.2, 0) is 18.4 Å². The molecule has 1 heterocycles. The normalized spacial score (nSPS) is 17.9. The molecule has 106 valence electrons. The lowest BCUT2D eigenvalue weighted by atomic mass is 9.86. The first-order valence-corrected chi connectivity index (χ1v) is 7.39. The number of aryl methyl sites for hydroxylation is 1. The summed E-state index contributed by atoms with van der Waals surface area (Å²) in [5.74, 6) is 1.08. The van der Waals surface area contributed by atoms with Gasteiger partial charge in [-0.05, 0) is 32.4 Å². The molecule has 1 aromatic carbocycles. The highest BCUT2D eigenvalue weighted by atomic mass is 15.3. The van der Waals surface area contributed by atoms with E-state index in [1.165, 1.54) is 18.4 Å². The number of hydrogen-bond donors (Lipinski definition) is 1. The molecule has 0 spiro atoms. The lowest BCUT2D eigenvalue weighted by Gasteiger charge is -2.27. The summed E-state index contributed by atoms with van der Waals surface area (Å²) < 4.78 is 1.99. The molecule has 0 bridgehead atoms. The Morgan fingerprint density at radius 2 is 2.05 bits per heavy atom. The second-order valence-corrected chi connectivity index (χ2v) is 5.56. The van der Waals surface area contributed by atoms with E-state index in [0.29, 0.717) is 6.04 Å². The predicted octanol–water partition coefficient (Wildman–Crippen LogP) is 2.16. The van der Waals surface area contributed by atoms with Crippen LogP contribution in [0.2, 0.25) is 0 Å². The van der Waals surface area contributed by atoms with Gasteiger partial charge in [-0.3, -0.25) is 4.68 Å². The number of rotatable bonds is 6. The Morgan fingerprint density at radius 3 is 2.65 bits per heavy atom. The van der Waals surface area contributed by atoms with E-state index in [1.807, 2.05) is 4.68 Å². The summed E-state index contributed by atoms with van der Waals surface area (Å²) in [4.78, 5) is 4.42. The van der Waals surface area contributed by atoms with Gasteiger partial charge in [0.15, 0.2) is 0 Å². The van der Waals surface area contributed by atoms with Gasteiger partial charge in [-0.2, -0.15) is 5.10 Å². The molecule has 1 aromatic heterocycles. The van der Waals surface area contributed by atoms with Gasteiger partial charge < -0.3 is 5.32 Å². The van der Waals surface area contributed by atoms with Crippen LogP contribution in [0.25, 0.3) is 0 Å². The summed E-state index contributed by atoms with van der Waals surface area (Å²) >= 11 is 0. The molecule has 2 aromatic rings. The quantitative estimate of drug-likeness (QED) is 0.874. The van der Waals surface area contributed by atoms with Crippen molar-refractivity contribution in [3.8, 4) is 0 Å². The molecule has 4 nitrogen and oxygen atoms in total. The van der Waals surface area contributed by atoms with Crippen molar-refractivity contribution >= 4 is 0 Å². The standard InChI is InChI=1S/C16H22N4/c1-3-20-15(18-12-19-20)11-14(17-2)16(9-10-16)13-7-5-4-6-8-13/h4-8,12,14,17H,3,9-11H2,1-2H3. The van der Waals surface area contributed by atoms with E-state index in [0.717, 1.165) is 18.8 Å². The smallest absolute Gasteiger partial charge is 0.138 e. The Hall–Kier alpha value is -1.68. The van der Waals surface area contributed by atoms with Crippen LogP contribution in [0, 0.1) is 0 Å². The van der Waals surface area contributed by atoms with Gasteiger partial charge in [0.25, 0.3) is 0 Å². The van der Waals surface area contributed by atoms with Gasteiger partial charge in [-0.25, -0.2) is 4.98 Å². The first kappa shape index (κ1) is 13.3. The maximum atomic E-state index is 4.42. The fourth-order valence-corrected chi connectivity index (χ4v) is 3.21. The molecule has 1 saturated carbocycles. The summed E-state index contributed by atoms with van der Waals surface area (Å²) in [6.07, 6.45) is 5.10. The van der Waals surface area contributed by atoms with E-state index in [-0.39, 0.29) is 5.41 Å². The van der Waals surface area contributed by atoms with Gasteiger partial charge in [0.05, 0.1) is 0 Å². The minimum Gasteiger partial charge on any atom is -0.316 e. The molecule has 3 rings (SSSR count). The number of hydrogen-bond acceptors (Lipinski definition) is 3. The second-order valence-electron chi connectivity index (χ2n) is 5.56. The molecule has 0 aliphatic heterocycles. The summed E-state index contributed by atoms with van der Waals surface area (Å²) in [7, 11) is 2.06. The van der Waals surface area contributed by atoms with E-state index in [4.69, 9.17) is 0 Å². The molecular weight excluding hydrogens is 248 g/mol. The molecule has 20 heavy (non-hydrogen) atoms. The molecular formula is C16H22N4. The molecule has 1 N–H and O–H groups in total. The molecule has 0 amide bonds. The molecule has 1 unspecified atom stereocenters. The summed E-state index contributed by atoms with van der Waals surface area (Å²) in [6.45, 7) is 2.99. The number of aromatic nitrogens is 3. The number of nitrogens with one attached hydrogen (secondary N) is 1. The van der Waals surface area contributed by atoms with Crippen molar-refractivity contribution in [1.82, 2.24) is 20.1 Å². The summed E-state index contributed by atoms with van der Waals surface area (Å²) in [5, 5.41) is 7.79. The van der Waals surface area contributed by atoms with Crippen LogP contribution >= 0.6 is 0 Å². The van der Waals surface area contributed by atoms with Gasteiger partial charge in [0.1, 0.15) is 12.2 Å². The average Bonchev–Trinajstić information content (AvgIpc) is 3.19. The van der Waals surface area contributed by atoms with Crippen molar-refractivity contribution in [2.45, 2.75) is 44.2 Å². The van der Waals surface area contributed by atoms with E-state index in [9.17, 15) is 0 Å². The number of likely N-dealkylation sites (N-methyl/N-ethyl adjacent to an activating group) is 1. The average molecular weight is 270 g/mol. The first-order chi connectivity index (χ1) is 9.80. The third-order valence-electron chi connectivity index (χ3n) is 4.53. The Kier molecular flexibility index (Phi) is 3.57. The molecule has 0 radical (unpaired) electrons. The minimum atomic E-state index is 0.278. The number of benzene rings is 1. The zero-order valence-corrected chi connectivity index (χ0v) is 12.2. The van der Waals surface area contributed by atoms with Crippen LogP contribution in [0.3, 0.4) is 0 Å².